The minimum absolute atomic E-state index is 0.0205. The van der Waals surface area contributed by atoms with Gasteiger partial charge in [0, 0.05) is 43.7 Å². The van der Waals surface area contributed by atoms with E-state index in [2.05, 4.69) is 25.5 Å². The Morgan fingerprint density at radius 2 is 2.29 bits per heavy atom. The van der Waals surface area contributed by atoms with Crippen LogP contribution in [0.1, 0.15) is 33.9 Å². The number of hydrogen-bond acceptors (Lipinski definition) is 7. The Morgan fingerprint density at radius 3 is 3.07 bits per heavy atom. The van der Waals surface area contributed by atoms with E-state index in [1.807, 2.05) is 0 Å². The van der Waals surface area contributed by atoms with Gasteiger partial charge in [0.1, 0.15) is 5.69 Å². The topological polar surface area (TPSA) is 96.5 Å². The van der Waals surface area contributed by atoms with Crippen LogP contribution in [0.2, 0.25) is 0 Å². The van der Waals surface area contributed by atoms with Crippen LogP contribution in [0.25, 0.3) is 0 Å². The summed E-state index contributed by atoms with van der Waals surface area (Å²) in [5.41, 5.74) is 1.36. The first kappa shape index (κ1) is 19.0. The molecule has 1 unspecified atom stereocenters. The number of carbonyl (C=O) groups excluding carboxylic acids is 2. The molecular weight excluding hydrogens is 378 g/mol. The normalized spacial score (nSPS) is 19.2. The number of rotatable bonds is 6. The minimum atomic E-state index is -0.267. The van der Waals surface area contributed by atoms with Crippen LogP contribution in [-0.4, -0.2) is 59.0 Å². The number of thiazole rings is 1. The number of fused-ring (bicyclic) bond motifs is 1. The van der Waals surface area contributed by atoms with Crippen LogP contribution < -0.4 is 10.6 Å². The molecule has 8 nitrogen and oxygen atoms in total. The Kier molecular flexibility index (Phi) is 5.94. The quantitative estimate of drug-likeness (QED) is 0.760. The first-order valence-corrected chi connectivity index (χ1v) is 10.3. The fourth-order valence-electron chi connectivity index (χ4n) is 3.39. The van der Waals surface area contributed by atoms with E-state index in [-0.39, 0.29) is 17.9 Å². The maximum atomic E-state index is 12.2. The standard InChI is InChI=1S/C19H23N5O3S/c25-17(21-10-13-4-3-9-27-13)12-24-8-6-14-16(11-24)28-19(22-14)23-18(26)15-5-1-2-7-20-15/h1-2,5,7,13H,3-4,6,8-12H2,(H,21,25)(H,22,23,26). The van der Waals surface area contributed by atoms with Crippen LogP contribution >= 0.6 is 11.3 Å². The van der Waals surface area contributed by atoms with Gasteiger partial charge >= 0.3 is 0 Å². The molecule has 2 N–H and O–H groups in total. The van der Waals surface area contributed by atoms with Crippen molar-refractivity contribution in [1.29, 1.82) is 0 Å². The molecule has 9 heteroatoms. The van der Waals surface area contributed by atoms with E-state index < -0.39 is 0 Å². The van der Waals surface area contributed by atoms with E-state index in [1.54, 1.807) is 24.4 Å². The Hall–Kier alpha value is -2.36. The van der Waals surface area contributed by atoms with Gasteiger partial charge in [-0.25, -0.2) is 4.98 Å². The van der Waals surface area contributed by atoms with Crippen molar-refractivity contribution in [2.75, 3.05) is 31.6 Å². The molecule has 4 rings (SSSR count). The summed E-state index contributed by atoms with van der Waals surface area (Å²) in [5, 5.41) is 6.35. The van der Waals surface area contributed by atoms with E-state index in [9.17, 15) is 9.59 Å². The van der Waals surface area contributed by atoms with E-state index in [0.29, 0.717) is 30.5 Å². The summed E-state index contributed by atoms with van der Waals surface area (Å²) in [6, 6.07) is 5.21. The molecule has 4 heterocycles. The zero-order valence-corrected chi connectivity index (χ0v) is 16.3. The molecule has 0 bridgehead atoms. The number of anilines is 1. The summed E-state index contributed by atoms with van der Waals surface area (Å²) in [6.07, 6.45) is 4.60. The van der Waals surface area contributed by atoms with Crippen LogP contribution in [0, 0.1) is 0 Å². The number of ether oxygens (including phenoxy) is 1. The Morgan fingerprint density at radius 1 is 1.36 bits per heavy atom. The molecule has 1 atom stereocenters. The molecule has 0 spiro atoms. The number of nitrogens with zero attached hydrogens (tertiary/aromatic N) is 3. The second-order valence-electron chi connectivity index (χ2n) is 6.96. The Labute approximate surface area is 167 Å². The highest BCUT2D eigenvalue weighted by atomic mass is 32.1. The van der Waals surface area contributed by atoms with Gasteiger partial charge in [0.05, 0.1) is 18.3 Å². The third-order valence-corrected chi connectivity index (χ3v) is 5.84. The summed E-state index contributed by atoms with van der Waals surface area (Å²) in [7, 11) is 0. The summed E-state index contributed by atoms with van der Waals surface area (Å²) < 4.78 is 5.53. The van der Waals surface area contributed by atoms with E-state index >= 15 is 0 Å². The first-order chi connectivity index (χ1) is 13.7. The van der Waals surface area contributed by atoms with Crippen LogP contribution in [0.4, 0.5) is 5.13 Å². The van der Waals surface area contributed by atoms with Gasteiger partial charge in [-0.05, 0) is 25.0 Å². The van der Waals surface area contributed by atoms with Crippen LogP contribution in [0.15, 0.2) is 24.4 Å². The molecule has 2 aromatic heterocycles. The fourth-order valence-corrected chi connectivity index (χ4v) is 4.43. The van der Waals surface area contributed by atoms with Crippen molar-refractivity contribution in [3.63, 3.8) is 0 Å². The molecule has 2 aliphatic heterocycles. The zero-order valence-electron chi connectivity index (χ0n) is 15.5. The van der Waals surface area contributed by atoms with Crippen molar-refractivity contribution in [3.05, 3.63) is 40.7 Å². The molecule has 0 aromatic carbocycles. The van der Waals surface area contributed by atoms with Gasteiger partial charge in [-0.3, -0.25) is 24.8 Å². The highest BCUT2D eigenvalue weighted by molar-refractivity contribution is 7.15. The average Bonchev–Trinajstić information content (AvgIpc) is 3.36. The predicted molar refractivity (Wildman–Crippen MR) is 105 cm³/mol. The molecule has 0 radical (unpaired) electrons. The number of aromatic nitrogens is 2. The lowest BCUT2D eigenvalue weighted by Gasteiger charge is -2.25. The van der Waals surface area contributed by atoms with Crippen LogP contribution in [0.3, 0.4) is 0 Å². The summed E-state index contributed by atoms with van der Waals surface area (Å²) in [5.74, 6) is -0.246. The molecule has 148 valence electrons. The number of hydrogen-bond donors (Lipinski definition) is 2. The summed E-state index contributed by atoms with van der Waals surface area (Å²) in [6.45, 7) is 3.18. The molecular formula is C19H23N5O3S. The van der Waals surface area contributed by atoms with E-state index in [1.165, 1.54) is 11.3 Å². The number of amides is 2. The molecule has 1 saturated heterocycles. The SMILES string of the molecule is O=C(CN1CCc2nc(NC(=O)c3ccccn3)sc2C1)NCC1CCCO1. The minimum Gasteiger partial charge on any atom is -0.376 e. The highest BCUT2D eigenvalue weighted by Gasteiger charge is 2.24. The highest BCUT2D eigenvalue weighted by Crippen LogP contribution is 2.28. The van der Waals surface area contributed by atoms with Crippen molar-refractivity contribution < 1.29 is 14.3 Å². The first-order valence-electron chi connectivity index (χ1n) is 9.49. The van der Waals surface area contributed by atoms with Crippen molar-refractivity contribution in [2.24, 2.45) is 0 Å². The van der Waals surface area contributed by atoms with Crippen LogP contribution in [-0.2, 0) is 22.5 Å². The lowest BCUT2D eigenvalue weighted by Crippen LogP contribution is -2.41. The Bertz CT molecular complexity index is 835. The average molecular weight is 401 g/mol. The summed E-state index contributed by atoms with van der Waals surface area (Å²) >= 11 is 1.46. The number of carbonyl (C=O) groups is 2. The van der Waals surface area contributed by atoms with Crippen molar-refractivity contribution in [1.82, 2.24) is 20.2 Å². The van der Waals surface area contributed by atoms with Gasteiger partial charge in [0.15, 0.2) is 5.13 Å². The fraction of sp³-hybridized carbons (Fsp3) is 0.474. The van der Waals surface area contributed by atoms with E-state index in [0.717, 1.165) is 43.0 Å². The summed E-state index contributed by atoms with van der Waals surface area (Å²) in [4.78, 5) is 36.2. The molecule has 28 heavy (non-hydrogen) atoms. The van der Waals surface area contributed by atoms with Crippen molar-refractivity contribution in [2.45, 2.75) is 31.9 Å². The second-order valence-corrected chi connectivity index (χ2v) is 8.04. The number of nitrogens with one attached hydrogen (secondary N) is 2. The van der Waals surface area contributed by atoms with Gasteiger partial charge < -0.3 is 10.1 Å². The van der Waals surface area contributed by atoms with Gasteiger partial charge in [-0.1, -0.05) is 6.07 Å². The molecule has 2 aromatic rings. The lowest BCUT2D eigenvalue weighted by molar-refractivity contribution is -0.122. The maximum Gasteiger partial charge on any atom is 0.276 e. The largest absolute Gasteiger partial charge is 0.376 e. The molecule has 0 aliphatic carbocycles. The van der Waals surface area contributed by atoms with Gasteiger partial charge in [0.2, 0.25) is 5.91 Å². The second kappa shape index (κ2) is 8.76. The van der Waals surface area contributed by atoms with Crippen molar-refractivity contribution >= 4 is 28.3 Å². The lowest BCUT2D eigenvalue weighted by atomic mass is 10.2. The molecule has 1 fully saturated rings. The Balaban J connectivity index is 1.29. The molecule has 2 aliphatic rings. The predicted octanol–water partition coefficient (Wildman–Crippen LogP) is 1.44. The van der Waals surface area contributed by atoms with Crippen molar-refractivity contribution in [3.8, 4) is 0 Å². The zero-order chi connectivity index (χ0) is 19.3. The third kappa shape index (κ3) is 4.73. The van der Waals surface area contributed by atoms with Gasteiger partial charge in [0.25, 0.3) is 5.91 Å². The maximum absolute atomic E-state index is 12.2. The van der Waals surface area contributed by atoms with Crippen LogP contribution in [0.5, 0.6) is 0 Å². The smallest absolute Gasteiger partial charge is 0.276 e. The van der Waals surface area contributed by atoms with Gasteiger partial charge in [-0.2, -0.15) is 0 Å². The molecule has 0 saturated carbocycles. The monoisotopic (exact) mass is 401 g/mol. The third-order valence-electron chi connectivity index (χ3n) is 4.85. The number of pyridine rings is 1. The molecule has 2 amide bonds. The van der Waals surface area contributed by atoms with Gasteiger partial charge in [-0.15, -0.1) is 11.3 Å². The van der Waals surface area contributed by atoms with E-state index in [4.69, 9.17) is 4.74 Å².